The predicted octanol–water partition coefficient (Wildman–Crippen LogP) is 3.73. The standard InChI is InChI=1S/C12H16BrNS/c1-8-3-4-10(11(13)5-8)12-14-6-9(2)7-15-12/h3-5,9,12,14H,6-7H2,1-2H3. The second-order valence-electron chi connectivity index (χ2n) is 4.25. The minimum atomic E-state index is 0.455. The van der Waals surface area contributed by atoms with Crippen LogP contribution in [-0.4, -0.2) is 12.3 Å². The van der Waals surface area contributed by atoms with E-state index in [1.165, 1.54) is 21.4 Å². The molecule has 0 aliphatic carbocycles. The van der Waals surface area contributed by atoms with Crippen molar-refractivity contribution in [2.45, 2.75) is 19.2 Å². The van der Waals surface area contributed by atoms with Crippen molar-refractivity contribution >= 4 is 27.7 Å². The van der Waals surface area contributed by atoms with E-state index in [9.17, 15) is 0 Å². The first-order chi connectivity index (χ1) is 7.16. The maximum Gasteiger partial charge on any atom is 0.0800 e. The number of thioether (sulfide) groups is 1. The molecule has 2 atom stereocenters. The van der Waals surface area contributed by atoms with E-state index in [4.69, 9.17) is 0 Å². The zero-order chi connectivity index (χ0) is 10.8. The molecule has 1 heterocycles. The first-order valence-corrected chi connectivity index (χ1v) is 7.12. The molecule has 1 N–H and O–H groups in total. The Balaban J connectivity index is 2.15. The number of halogens is 1. The third kappa shape index (κ3) is 2.77. The van der Waals surface area contributed by atoms with Gasteiger partial charge in [0.2, 0.25) is 0 Å². The molecule has 0 amide bonds. The highest BCUT2D eigenvalue weighted by atomic mass is 79.9. The molecule has 1 saturated heterocycles. The number of hydrogen-bond acceptors (Lipinski definition) is 2. The summed E-state index contributed by atoms with van der Waals surface area (Å²) in [4.78, 5) is 0. The molecule has 0 bridgehead atoms. The second kappa shape index (κ2) is 4.89. The molecule has 1 aromatic rings. The summed E-state index contributed by atoms with van der Waals surface area (Å²) < 4.78 is 1.22. The summed E-state index contributed by atoms with van der Waals surface area (Å²) in [5, 5.41) is 4.03. The van der Waals surface area contributed by atoms with Gasteiger partial charge in [0.15, 0.2) is 0 Å². The summed E-state index contributed by atoms with van der Waals surface area (Å²) in [6, 6.07) is 6.59. The second-order valence-corrected chi connectivity index (χ2v) is 6.24. The van der Waals surface area contributed by atoms with E-state index in [2.05, 4.69) is 53.3 Å². The lowest BCUT2D eigenvalue weighted by Gasteiger charge is -2.28. The molecule has 0 radical (unpaired) electrons. The van der Waals surface area contributed by atoms with Crippen molar-refractivity contribution in [2.24, 2.45) is 5.92 Å². The van der Waals surface area contributed by atoms with Crippen molar-refractivity contribution in [1.29, 1.82) is 0 Å². The lowest BCUT2D eigenvalue weighted by molar-refractivity contribution is 0.529. The number of rotatable bonds is 1. The van der Waals surface area contributed by atoms with E-state index in [1.807, 2.05) is 11.8 Å². The van der Waals surface area contributed by atoms with Crippen LogP contribution in [0.25, 0.3) is 0 Å². The maximum atomic E-state index is 3.64. The minimum Gasteiger partial charge on any atom is -0.301 e. The van der Waals surface area contributed by atoms with Crippen molar-refractivity contribution in [1.82, 2.24) is 5.32 Å². The zero-order valence-corrected chi connectivity index (χ0v) is 11.5. The quantitative estimate of drug-likeness (QED) is 0.844. The fraction of sp³-hybridized carbons (Fsp3) is 0.500. The van der Waals surface area contributed by atoms with Crippen LogP contribution in [0.2, 0.25) is 0 Å². The lowest BCUT2D eigenvalue weighted by Crippen LogP contribution is -2.31. The number of aryl methyl sites for hydroxylation is 1. The van der Waals surface area contributed by atoms with Crippen molar-refractivity contribution in [2.75, 3.05) is 12.3 Å². The Morgan fingerprint density at radius 2 is 2.27 bits per heavy atom. The highest BCUT2D eigenvalue weighted by Crippen LogP contribution is 2.35. The van der Waals surface area contributed by atoms with E-state index in [-0.39, 0.29) is 0 Å². The highest BCUT2D eigenvalue weighted by Gasteiger charge is 2.20. The molecule has 15 heavy (non-hydrogen) atoms. The lowest BCUT2D eigenvalue weighted by atomic mass is 10.1. The molecule has 82 valence electrons. The van der Waals surface area contributed by atoms with Crippen molar-refractivity contribution in [3.63, 3.8) is 0 Å². The van der Waals surface area contributed by atoms with Gasteiger partial charge in [-0.1, -0.05) is 35.0 Å². The van der Waals surface area contributed by atoms with Gasteiger partial charge in [0.25, 0.3) is 0 Å². The van der Waals surface area contributed by atoms with Gasteiger partial charge in [-0.25, -0.2) is 0 Å². The first-order valence-electron chi connectivity index (χ1n) is 5.28. The van der Waals surface area contributed by atoms with Crippen LogP contribution in [0, 0.1) is 12.8 Å². The summed E-state index contributed by atoms with van der Waals surface area (Å²) in [5.74, 6) is 2.04. The summed E-state index contributed by atoms with van der Waals surface area (Å²) in [6.07, 6.45) is 0. The van der Waals surface area contributed by atoms with Crippen LogP contribution in [0.1, 0.15) is 23.4 Å². The molecule has 2 rings (SSSR count). The van der Waals surface area contributed by atoms with Crippen molar-refractivity contribution in [3.05, 3.63) is 33.8 Å². The molecule has 1 nitrogen and oxygen atoms in total. The fourth-order valence-electron chi connectivity index (χ4n) is 1.73. The average Bonchev–Trinajstić information content (AvgIpc) is 2.20. The largest absolute Gasteiger partial charge is 0.301 e. The van der Waals surface area contributed by atoms with Gasteiger partial charge in [-0.2, -0.15) is 0 Å². The topological polar surface area (TPSA) is 12.0 Å². The van der Waals surface area contributed by atoms with Crippen LogP contribution in [0.4, 0.5) is 0 Å². The van der Waals surface area contributed by atoms with Gasteiger partial charge >= 0.3 is 0 Å². The Kier molecular flexibility index (Phi) is 3.75. The van der Waals surface area contributed by atoms with Gasteiger partial charge in [0.05, 0.1) is 5.37 Å². The van der Waals surface area contributed by atoms with Crippen LogP contribution in [0.3, 0.4) is 0 Å². The molecule has 1 fully saturated rings. The minimum absolute atomic E-state index is 0.455. The van der Waals surface area contributed by atoms with Crippen LogP contribution in [0.5, 0.6) is 0 Å². The van der Waals surface area contributed by atoms with E-state index in [0.29, 0.717) is 5.37 Å². The predicted molar refractivity (Wildman–Crippen MR) is 71.2 cm³/mol. The van der Waals surface area contributed by atoms with Crippen LogP contribution in [0.15, 0.2) is 22.7 Å². The highest BCUT2D eigenvalue weighted by molar-refractivity contribution is 9.10. The molecule has 1 aromatic carbocycles. The van der Waals surface area contributed by atoms with Crippen molar-refractivity contribution < 1.29 is 0 Å². The smallest absolute Gasteiger partial charge is 0.0800 e. The third-order valence-corrected chi connectivity index (χ3v) is 4.84. The molecule has 0 spiro atoms. The van der Waals surface area contributed by atoms with Crippen molar-refractivity contribution in [3.8, 4) is 0 Å². The van der Waals surface area contributed by atoms with E-state index in [1.54, 1.807) is 0 Å². The van der Waals surface area contributed by atoms with Gasteiger partial charge in [-0.3, -0.25) is 0 Å². The molecular weight excluding hydrogens is 270 g/mol. The summed E-state index contributed by atoms with van der Waals surface area (Å²) in [6.45, 7) is 5.54. The van der Waals surface area contributed by atoms with E-state index >= 15 is 0 Å². The van der Waals surface area contributed by atoms with Gasteiger partial charge in [0, 0.05) is 4.47 Å². The molecule has 0 saturated carbocycles. The third-order valence-electron chi connectivity index (χ3n) is 2.64. The molecule has 0 aromatic heterocycles. The van der Waals surface area contributed by atoms with Gasteiger partial charge in [-0.05, 0) is 42.3 Å². The fourth-order valence-corrected chi connectivity index (χ4v) is 3.84. The van der Waals surface area contributed by atoms with Crippen LogP contribution >= 0.6 is 27.7 Å². The number of nitrogens with one attached hydrogen (secondary N) is 1. The number of benzene rings is 1. The zero-order valence-electron chi connectivity index (χ0n) is 9.09. The Morgan fingerprint density at radius 1 is 1.47 bits per heavy atom. The van der Waals surface area contributed by atoms with E-state index < -0.39 is 0 Å². The summed E-state index contributed by atoms with van der Waals surface area (Å²) in [7, 11) is 0. The van der Waals surface area contributed by atoms with Crippen LogP contribution in [-0.2, 0) is 0 Å². The molecule has 3 heteroatoms. The maximum absolute atomic E-state index is 3.64. The van der Waals surface area contributed by atoms with Crippen LogP contribution < -0.4 is 5.32 Å². The molecule has 1 aliphatic rings. The normalized spacial score (nSPS) is 26.6. The summed E-state index contributed by atoms with van der Waals surface area (Å²) in [5.41, 5.74) is 2.68. The molecule has 1 aliphatic heterocycles. The van der Waals surface area contributed by atoms with Gasteiger partial charge < -0.3 is 5.32 Å². The Labute approximate surface area is 104 Å². The van der Waals surface area contributed by atoms with E-state index in [0.717, 1.165) is 12.5 Å². The SMILES string of the molecule is Cc1ccc(C2NCC(C)CS2)c(Br)c1. The average molecular weight is 286 g/mol. The number of hydrogen-bond donors (Lipinski definition) is 1. The Morgan fingerprint density at radius 3 is 2.87 bits per heavy atom. The molecule has 2 unspecified atom stereocenters. The Hall–Kier alpha value is 0.01000. The first kappa shape index (κ1) is 11.5. The molecular formula is C12H16BrNS. The summed E-state index contributed by atoms with van der Waals surface area (Å²) >= 11 is 5.65. The Bertz CT molecular complexity index is 345. The van der Waals surface area contributed by atoms with Gasteiger partial charge in [-0.15, -0.1) is 11.8 Å². The van der Waals surface area contributed by atoms with Gasteiger partial charge in [0.1, 0.15) is 0 Å². The monoisotopic (exact) mass is 285 g/mol.